The molecule has 0 aliphatic carbocycles. The van der Waals surface area contributed by atoms with Crippen molar-refractivity contribution >= 4 is 46.2 Å². The Labute approximate surface area is 175 Å². The van der Waals surface area contributed by atoms with Gasteiger partial charge in [-0.2, -0.15) is 0 Å². The standard InChI is InChI=1S/C21H15ClN2O6/c1-29-20(27)17(18-21(28)30-15-9-5-3-7-13(15)23-18)11-10-16(25)24(19(11)26)14-8-4-2-6-12(14)22/h2-9,11,17H,10H2,1H3. The van der Waals surface area contributed by atoms with E-state index in [1.165, 1.54) is 6.07 Å². The zero-order valence-corrected chi connectivity index (χ0v) is 16.5. The van der Waals surface area contributed by atoms with Gasteiger partial charge in [-0.05, 0) is 24.3 Å². The van der Waals surface area contributed by atoms with E-state index in [1.54, 1.807) is 42.5 Å². The van der Waals surface area contributed by atoms with Gasteiger partial charge in [0.05, 0.1) is 23.7 Å². The van der Waals surface area contributed by atoms with Crippen molar-refractivity contribution in [3.8, 4) is 0 Å². The lowest BCUT2D eigenvalue weighted by Crippen LogP contribution is -2.36. The van der Waals surface area contributed by atoms with Crippen molar-refractivity contribution in [3.63, 3.8) is 0 Å². The van der Waals surface area contributed by atoms with Crippen molar-refractivity contribution in [1.29, 1.82) is 0 Å². The number of para-hydroxylation sites is 3. The Morgan fingerprint density at radius 3 is 2.60 bits per heavy atom. The van der Waals surface area contributed by atoms with Gasteiger partial charge in [-0.3, -0.25) is 14.4 Å². The van der Waals surface area contributed by atoms with Gasteiger partial charge in [0.1, 0.15) is 17.1 Å². The molecule has 0 saturated carbocycles. The van der Waals surface area contributed by atoms with Crippen LogP contribution in [0.1, 0.15) is 18.0 Å². The number of nitrogens with zero attached hydrogens (tertiary/aromatic N) is 2. The van der Waals surface area contributed by atoms with E-state index < -0.39 is 35.2 Å². The highest BCUT2D eigenvalue weighted by Gasteiger charge is 2.49. The second-order valence-corrected chi connectivity index (χ2v) is 7.09. The Hall–Kier alpha value is -3.52. The predicted molar refractivity (Wildman–Crippen MR) is 107 cm³/mol. The van der Waals surface area contributed by atoms with Crippen LogP contribution in [-0.4, -0.2) is 29.9 Å². The van der Waals surface area contributed by atoms with Crippen LogP contribution in [0.25, 0.3) is 11.1 Å². The quantitative estimate of drug-likeness (QED) is 0.466. The van der Waals surface area contributed by atoms with E-state index >= 15 is 0 Å². The number of benzene rings is 2. The predicted octanol–water partition coefficient (Wildman–Crippen LogP) is 2.68. The molecule has 2 unspecified atom stereocenters. The summed E-state index contributed by atoms with van der Waals surface area (Å²) in [6.45, 7) is 0. The summed E-state index contributed by atoms with van der Waals surface area (Å²) in [5.74, 6) is -4.66. The van der Waals surface area contributed by atoms with Crippen molar-refractivity contribution in [1.82, 2.24) is 4.98 Å². The van der Waals surface area contributed by atoms with Crippen LogP contribution in [0.5, 0.6) is 0 Å². The van der Waals surface area contributed by atoms with Crippen LogP contribution in [0.3, 0.4) is 0 Å². The zero-order chi connectivity index (χ0) is 21.4. The van der Waals surface area contributed by atoms with Crippen molar-refractivity contribution in [2.45, 2.75) is 12.3 Å². The second-order valence-electron chi connectivity index (χ2n) is 6.68. The SMILES string of the molecule is COC(=O)C(c1nc2ccccc2oc1=O)C1CC(=O)N(c2ccccc2Cl)C1=O. The highest BCUT2D eigenvalue weighted by Crippen LogP contribution is 2.38. The maximum absolute atomic E-state index is 13.2. The van der Waals surface area contributed by atoms with Gasteiger partial charge in [0.2, 0.25) is 11.8 Å². The van der Waals surface area contributed by atoms with Gasteiger partial charge in [-0.1, -0.05) is 35.9 Å². The number of carbonyl (C=O) groups excluding carboxylic acids is 3. The molecule has 0 radical (unpaired) electrons. The number of rotatable bonds is 4. The molecule has 2 aromatic carbocycles. The Balaban J connectivity index is 1.81. The van der Waals surface area contributed by atoms with Crippen molar-refractivity contribution in [2.24, 2.45) is 5.92 Å². The third kappa shape index (κ3) is 3.25. The Bertz CT molecular complexity index is 1240. The van der Waals surface area contributed by atoms with Crippen molar-refractivity contribution in [3.05, 3.63) is 69.7 Å². The lowest BCUT2D eigenvalue weighted by atomic mass is 9.88. The van der Waals surface area contributed by atoms with E-state index in [2.05, 4.69) is 4.98 Å². The number of ether oxygens (including phenoxy) is 1. The number of fused-ring (bicyclic) bond motifs is 1. The number of aromatic nitrogens is 1. The van der Waals surface area contributed by atoms with E-state index in [0.29, 0.717) is 5.52 Å². The molecule has 1 aliphatic rings. The molecule has 0 spiro atoms. The number of halogens is 1. The minimum Gasteiger partial charge on any atom is -0.468 e. The molecule has 0 N–H and O–H groups in total. The number of carbonyl (C=O) groups is 3. The van der Waals surface area contributed by atoms with Gasteiger partial charge in [0.25, 0.3) is 0 Å². The van der Waals surface area contributed by atoms with Gasteiger partial charge in [0.15, 0.2) is 5.58 Å². The van der Waals surface area contributed by atoms with Gasteiger partial charge in [-0.15, -0.1) is 0 Å². The molecule has 30 heavy (non-hydrogen) atoms. The average Bonchev–Trinajstić information content (AvgIpc) is 3.02. The van der Waals surface area contributed by atoms with Crippen LogP contribution in [0.4, 0.5) is 5.69 Å². The number of hydrogen-bond acceptors (Lipinski definition) is 7. The zero-order valence-electron chi connectivity index (χ0n) is 15.7. The van der Waals surface area contributed by atoms with Crippen LogP contribution < -0.4 is 10.5 Å². The van der Waals surface area contributed by atoms with Crippen LogP contribution >= 0.6 is 11.6 Å². The number of esters is 1. The molecular formula is C21H15ClN2O6. The summed E-state index contributed by atoms with van der Waals surface area (Å²) in [6.07, 6.45) is -0.308. The minimum atomic E-state index is -1.40. The molecule has 2 heterocycles. The smallest absolute Gasteiger partial charge is 0.359 e. The summed E-state index contributed by atoms with van der Waals surface area (Å²) in [7, 11) is 1.13. The first-order valence-corrected chi connectivity index (χ1v) is 9.39. The first-order chi connectivity index (χ1) is 14.4. The molecule has 0 bridgehead atoms. The summed E-state index contributed by atoms with van der Waals surface area (Å²) < 4.78 is 10.1. The normalized spacial score (nSPS) is 17.4. The molecule has 1 aliphatic heterocycles. The summed E-state index contributed by atoms with van der Waals surface area (Å²) in [5, 5.41) is 0.206. The third-order valence-electron chi connectivity index (χ3n) is 4.94. The molecule has 4 rings (SSSR count). The lowest BCUT2D eigenvalue weighted by molar-refractivity contribution is -0.145. The second kappa shape index (κ2) is 7.72. The lowest BCUT2D eigenvalue weighted by Gasteiger charge is -2.20. The van der Waals surface area contributed by atoms with E-state index in [9.17, 15) is 19.2 Å². The number of hydrogen-bond donors (Lipinski definition) is 0. The fourth-order valence-corrected chi connectivity index (χ4v) is 3.78. The highest BCUT2D eigenvalue weighted by atomic mass is 35.5. The largest absolute Gasteiger partial charge is 0.468 e. The first-order valence-electron chi connectivity index (χ1n) is 9.01. The Morgan fingerprint density at radius 1 is 1.17 bits per heavy atom. The summed E-state index contributed by atoms with van der Waals surface area (Å²) >= 11 is 6.14. The maximum Gasteiger partial charge on any atom is 0.359 e. The van der Waals surface area contributed by atoms with Gasteiger partial charge in [-0.25, -0.2) is 14.7 Å². The number of methoxy groups -OCH3 is 1. The van der Waals surface area contributed by atoms with Gasteiger partial charge < -0.3 is 9.15 Å². The van der Waals surface area contributed by atoms with Crippen molar-refractivity contribution in [2.75, 3.05) is 12.0 Å². The minimum absolute atomic E-state index is 0.206. The monoisotopic (exact) mass is 426 g/mol. The van der Waals surface area contributed by atoms with Crippen LogP contribution in [0.2, 0.25) is 5.02 Å². The van der Waals surface area contributed by atoms with E-state index in [4.69, 9.17) is 20.8 Å². The fraction of sp³-hybridized carbons (Fsp3) is 0.190. The van der Waals surface area contributed by atoms with Crippen LogP contribution in [-0.2, 0) is 19.1 Å². The van der Waals surface area contributed by atoms with Crippen molar-refractivity contribution < 1.29 is 23.5 Å². The molecule has 9 heteroatoms. The molecule has 2 atom stereocenters. The number of anilines is 1. The molecule has 1 fully saturated rings. The molecule has 1 aromatic heterocycles. The summed E-state index contributed by atoms with van der Waals surface area (Å²) in [6, 6.07) is 12.9. The van der Waals surface area contributed by atoms with Gasteiger partial charge >= 0.3 is 11.6 Å². The number of amides is 2. The van der Waals surface area contributed by atoms with Crippen LogP contribution in [0, 0.1) is 5.92 Å². The molecule has 2 amide bonds. The fourth-order valence-electron chi connectivity index (χ4n) is 3.56. The first kappa shape index (κ1) is 19.8. The number of imide groups is 1. The Kier molecular flexibility index (Phi) is 5.09. The highest BCUT2D eigenvalue weighted by molar-refractivity contribution is 6.36. The Morgan fingerprint density at radius 2 is 1.87 bits per heavy atom. The molecule has 1 saturated heterocycles. The third-order valence-corrected chi connectivity index (χ3v) is 5.26. The van der Waals surface area contributed by atoms with E-state index in [1.807, 2.05) is 0 Å². The molecule has 152 valence electrons. The topological polar surface area (TPSA) is 107 Å². The maximum atomic E-state index is 13.2. The average molecular weight is 427 g/mol. The summed E-state index contributed by atoms with van der Waals surface area (Å²) in [4.78, 5) is 56.2. The molecular weight excluding hydrogens is 412 g/mol. The molecule has 8 nitrogen and oxygen atoms in total. The van der Waals surface area contributed by atoms with Gasteiger partial charge in [0, 0.05) is 6.42 Å². The van der Waals surface area contributed by atoms with Crippen LogP contribution in [0.15, 0.2) is 57.7 Å². The van der Waals surface area contributed by atoms with E-state index in [0.717, 1.165) is 12.0 Å². The summed E-state index contributed by atoms with van der Waals surface area (Å²) in [5.41, 5.74) is -0.380. The van der Waals surface area contributed by atoms with E-state index in [-0.39, 0.29) is 28.4 Å². The molecule has 3 aromatic rings.